The molecule has 1 N–H and O–H groups in total. The van der Waals surface area contributed by atoms with Gasteiger partial charge in [-0.2, -0.15) is 0 Å². The van der Waals surface area contributed by atoms with E-state index >= 15 is 0 Å². The molecule has 0 radical (unpaired) electrons. The largest absolute Gasteiger partial charge is 0.343 e. The van der Waals surface area contributed by atoms with E-state index in [4.69, 9.17) is 0 Å². The first-order chi connectivity index (χ1) is 12.1. The zero-order valence-corrected chi connectivity index (χ0v) is 15.0. The molecule has 25 heavy (non-hydrogen) atoms. The van der Waals surface area contributed by atoms with Gasteiger partial charge in [0.15, 0.2) is 0 Å². The van der Waals surface area contributed by atoms with Crippen molar-refractivity contribution in [1.29, 1.82) is 0 Å². The second kappa shape index (κ2) is 9.20. The molecule has 1 aliphatic rings. The highest BCUT2D eigenvalue weighted by Gasteiger charge is 2.27. The Bertz CT molecular complexity index is 591. The molecular weight excluding hydrogens is 318 g/mol. The molecule has 6 heteroatoms. The summed E-state index contributed by atoms with van der Waals surface area (Å²) in [6, 6.07) is 8.83. The number of nitrogens with one attached hydrogen (secondary N) is 1. The van der Waals surface area contributed by atoms with Gasteiger partial charge < -0.3 is 15.1 Å². The van der Waals surface area contributed by atoms with Gasteiger partial charge >= 0.3 is 0 Å². The van der Waals surface area contributed by atoms with Crippen LogP contribution in [0.4, 0.5) is 0 Å². The second-order valence-corrected chi connectivity index (χ2v) is 6.27. The highest BCUT2D eigenvalue weighted by Crippen LogP contribution is 2.14. The first kappa shape index (κ1) is 19.0. The maximum absolute atomic E-state index is 12.4. The van der Waals surface area contributed by atoms with E-state index < -0.39 is 0 Å². The number of amides is 3. The Morgan fingerprint density at radius 3 is 2.08 bits per heavy atom. The molecule has 3 amide bonds. The summed E-state index contributed by atoms with van der Waals surface area (Å²) >= 11 is 0. The van der Waals surface area contributed by atoms with Crippen LogP contribution < -0.4 is 5.32 Å². The summed E-state index contributed by atoms with van der Waals surface area (Å²) in [6.45, 7) is 6.20. The van der Waals surface area contributed by atoms with E-state index in [1.54, 1.807) is 29.2 Å². The van der Waals surface area contributed by atoms with Crippen molar-refractivity contribution in [2.45, 2.75) is 26.7 Å². The van der Waals surface area contributed by atoms with Crippen molar-refractivity contribution in [3.8, 4) is 0 Å². The van der Waals surface area contributed by atoms with Crippen molar-refractivity contribution in [2.75, 3.05) is 32.7 Å². The van der Waals surface area contributed by atoms with E-state index in [0.29, 0.717) is 31.7 Å². The zero-order valence-electron chi connectivity index (χ0n) is 15.0. The normalized spacial score (nSPS) is 14.5. The van der Waals surface area contributed by atoms with Crippen molar-refractivity contribution >= 4 is 17.7 Å². The number of benzene rings is 1. The Morgan fingerprint density at radius 2 is 1.52 bits per heavy atom. The minimum atomic E-state index is -0.253. The number of hydrogen-bond acceptors (Lipinski definition) is 3. The molecule has 0 bridgehead atoms. The fourth-order valence-electron chi connectivity index (χ4n) is 3.03. The van der Waals surface area contributed by atoms with Crippen LogP contribution in [0.5, 0.6) is 0 Å². The molecular formula is C19H27N3O3. The summed E-state index contributed by atoms with van der Waals surface area (Å²) in [5.74, 6) is -0.0997. The van der Waals surface area contributed by atoms with Crippen molar-refractivity contribution in [3.05, 3.63) is 35.9 Å². The smallest absolute Gasteiger partial charge is 0.251 e. The monoisotopic (exact) mass is 345 g/mol. The lowest BCUT2D eigenvalue weighted by Gasteiger charge is -2.36. The van der Waals surface area contributed by atoms with Gasteiger partial charge in [0.2, 0.25) is 11.8 Å². The summed E-state index contributed by atoms with van der Waals surface area (Å²) in [5, 5.41) is 2.66. The van der Waals surface area contributed by atoms with Crippen LogP contribution in [0.15, 0.2) is 30.3 Å². The van der Waals surface area contributed by atoms with Crippen molar-refractivity contribution in [3.63, 3.8) is 0 Å². The number of hydrogen-bond donors (Lipinski definition) is 1. The molecule has 0 unspecified atom stereocenters. The molecule has 1 aromatic rings. The lowest BCUT2D eigenvalue weighted by Crippen LogP contribution is -2.53. The quantitative estimate of drug-likeness (QED) is 0.850. The van der Waals surface area contributed by atoms with Gasteiger partial charge in [0.1, 0.15) is 0 Å². The number of rotatable bonds is 6. The lowest BCUT2D eigenvalue weighted by molar-refractivity contribution is -0.141. The van der Waals surface area contributed by atoms with Gasteiger partial charge in [-0.3, -0.25) is 14.4 Å². The van der Waals surface area contributed by atoms with Crippen LogP contribution in [0.2, 0.25) is 0 Å². The zero-order chi connectivity index (χ0) is 18.2. The molecule has 1 saturated heterocycles. The summed E-state index contributed by atoms with van der Waals surface area (Å²) in [4.78, 5) is 40.2. The predicted molar refractivity (Wildman–Crippen MR) is 96.0 cm³/mol. The molecule has 0 aromatic heterocycles. The summed E-state index contributed by atoms with van der Waals surface area (Å²) in [5.41, 5.74) is 0.538. The number of nitrogens with zero attached hydrogens (tertiary/aromatic N) is 2. The average Bonchev–Trinajstić information content (AvgIpc) is 2.67. The van der Waals surface area contributed by atoms with Crippen molar-refractivity contribution < 1.29 is 14.4 Å². The van der Waals surface area contributed by atoms with Crippen molar-refractivity contribution in [1.82, 2.24) is 15.1 Å². The second-order valence-electron chi connectivity index (χ2n) is 6.27. The van der Waals surface area contributed by atoms with Gasteiger partial charge in [-0.15, -0.1) is 0 Å². The van der Waals surface area contributed by atoms with Crippen LogP contribution in [0, 0.1) is 5.92 Å². The molecule has 0 spiro atoms. The Kier molecular flexibility index (Phi) is 6.98. The fourth-order valence-corrected chi connectivity index (χ4v) is 3.03. The van der Waals surface area contributed by atoms with Gasteiger partial charge in [-0.05, 0) is 25.0 Å². The average molecular weight is 345 g/mol. The highest BCUT2D eigenvalue weighted by molar-refractivity contribution is 5.96. The Morgan fingerprint density at radius 1 is 0.960 bits per heavy atom. The molecule has 1 fully saturated rings. The predicted octanol–water partition coefficient (Wildman–Crippen LogP) is 1.52. The topological polar surface area (TPSA) is 69.7 Å². The Hall–Kier alpha value is -2.37. The third-order valence-electron chi connectivity index (χ3n) is 4.72. The molecule has 1 aromatic carbocycles. The summed E-state index contributed by atoms with van der Waals surface area (Å²) in [7, 11) is 0. The molecule has 1 heterocycles. The summed E-state index contributed by atoms with van der Waals surface area (Å²) < 4.78 is 0. The van der Waals surface area contributed by atoms with Crippen LogP contribution in [0.3, 0.4) is 0 Å². The van der Waals surface area contributed by atoms with Gasteiger partial charge in [-0.25, -0.2) is 0 Å². The van der Waals surface area contributed by atoms with Crippen LogP contribution >= 0.6 is 0 Å². The molecule has 0 aliphatic carbocycles. The number of piperazine rings is 1. The summed E-state index contributed by atoms with van der Waals surface area (Å²) in [6.07, 6.45) is 1.69. The third kappa shape index (κ3) is 5.05. The van der Waals surface area contributed by atoms with E-state index in [1.165, 1.54) is 0 Å². The number of carbonyl (C=O) groups is 3. The van der Waals surface area contributed by atoms with E-state index in [2.05, 4.69) is 5.32 Å². The minimum absolute atomic E-state index is 0.0196. The molecule has 1 aliphatic heterocycles. The first-order valence-corrected chi connectivity index (χ1v) is 8.96. The minimum Gasteiger partial charge on any atom is -0.343 e. The molecule has 136 valence electrons. The maximum atomic E-state index is 12.4. The van der Waals surface area contributed by atoms with Gasteiger partial charge in [0.05, 0.1) is 6.54 Å². The molecule has 2 rings (SSSR count). The first-order valence-electron chi connectivity index (χ1n) is 8.96. The van der Waals surface area contributed by atoms with E-state index in [9.17, 15) is 14.4 Å². The van der Waals surface area contributed by atoms with Gasteiger partial charge in [0, 0.05) is 37.7 Å². The Labute approximate surface area is 149 Å². The lowest BCUT2D eigenvalue weighted by atomic mass is 10.0. The van der Waals surface area contributed by atoms with Crippen LogP contribution in [-0.4, -0.2) is 60.2 Å². The molecule has 0 saturated carbocycles. The fraction of sp³-hybridized carbons (Fsp3) is 0.526. The third-order valence-corrected chi connectivity index (χ3v) is 4.72. The van der Waals surface area contributed by atoms with E-state index in [-0.39, 0.29) is 30.2 Å². The standard InChI is InChI=1S/C19H27N3O3/c1-3-15(4-2)19(25)22-12-10-21(11-13-22)17(23)14-20-18(24)16-8-6-5-7-9-16/h5-9,15H,3-4,10-14H2,1-2H3,(H,20,24). The van der Waals surface area contributed by atoms with Crippen LogP contribution in [0.25, 0.3) is 0 Å². The van der Waals surface area contributed by atoms with E-state index in [1.807, 2.05) is 24.8 Å². The maximum Gasteiger partial charge on any atom is 0.251 e. The molecule has 6 nitrogen and oxygen atoms in total. The number of carbonyl (C=O) groups excluding carboxylic acids is 3. The van der Waals surface area contributed by atoms with Crippen LogP contribution in [0.1, 0.15) is 37.0 Å². The van der Waals surface area contributed by atoms with Crippen molar-refractivity contribution in [2.24, 2.45) is 5.92 Å². The van der Waals surface area contributed by atoms with E-state index in [0.717, 1.165) is 12.8 Å². The van der Waals surface area contributed by atoms with Gasteiger partial charge in [0.25, 0.3) is 5.91 Å². The highest BCUT2D eigenvalue weighted by atomic mass is 16.2. The molecule has 0 atom stereocenters. The van der Waals surface area contributed by atoms with Gasteiger partial charge in [-0.1, -0.05) is 32.0 Å². The SMILES string of the molecule is CCC(CC)C(=O)N1CCN(C(=O)CNC(=O)c2ccccc2)CC1. The van der Waals surface area contributed by atoms with Crippen LogP contribution in [-0.2, 0) is 9.59 Å². The Balaban J connectivity index is 1.77.